The monoisotopic (exact) mass is 430 g/mol. The van der Waals surface area contributed by atoms with Gasteiger partial charge in [-0.25, -0.2) is 9.67 Å². The number of benzene rings is 2. The van der Waals surface area contributed by atoms with Crippen LogP contribution in [0.1, 0.15) is 31.1 Å². The summed E-state index contributed by atoms with van der Waals surface area (Å²) in [5.74, 6) is 1.53. The summed E-state index contributed by atoms with van der Waals surface area (Å²) in [6.07, 6.45) is 5.87. The number of carbonyl (C=O) groups is 1. The Balaban J connectivity index is 1.29. The summed E-state index contributed by atoms with van der Waals surface area (Å²) in [6.45, 7) is 0.632. The molecular formula is C23H22N6O3. The van der Waals surface area contributed by atoms with E-state index in [1.54, 1.807) is 15.9 Å². The van der Waals surface area contributed by atoms with E-state index in [0.717, 1.165) is 30.5 Å². The molecule has 0 bridgehead atoms. The highest BCUT2D eigenvalue weighted by atomic mass is 16.5. The lowest BCUT2D eigenvalue weighted by Gasteiger charge is -2.33. The van der Waals surface area contributed by atoms with Crippen molar-refractivity contribution in [3.05, 3.63) is 73.1 Å². The summed E-state index contributed by atoms with van der Waals surface area (Å²) in [4.78, 5) is 23.2. The first-order valence-corrected chi connectivity index (χ1v) is 10.5. The molecule has 1 aliphatic heterocycles. The number of rotatable bonds is 6. The predicted molar refractivity (Wildman–Crippen MR) is 115 cm³/mol. The molecule has 0 unspecified atom stereocenters. The normalized spacial score (nSPS) is 16.1. The quantitative estimate of drug-likeness (QED) is 0.462. The molecule has 162 valence electrons. The Hall–Kier alpha value is -4.01. The van der Waals surface area contributed by atoms with Crippen LogP contribution in [0.4, 0.5) is 0 Å². The molecular weight excluding hydrogens is 408 g/mol. The molecule has 9 heteroatoms. The smallest absolute Gasteiger partial charge is 0.261 e. The van der Waals surface area contributed by atoms with E-state index < -0.39 is 0 Å². The van der Waals surface area contributed by atoms with Gasteiger partial charge in [-0.3, -0.25) is 4.79 Å². The van der Waals surface area contributed by atoms with E-state index in [1.165, 1.54) is 6.33 Å². The lowest BCUT2D eigenvalue weighted by molar-refractivity contribution is -0.137. The Morgan fingerprint density at radius 2 is 1.94 bits per heavy atom. The minimum Gasteiger partial charge on any atom is -0.484 e. The first-order valence-electron chi connectivity index (χ1n) is 10.5. The molecule has 0 N–H and O–H groups in total. The van der Waals surface area contributed by atoms with Gasteiger partial charge in [0.05, 0.1) is 11.7 Å². The Bertz CT molecular complexity index is 1160. The van der Waals surface area contributed by atoms with Gasteiger partial charge in [0.2, 0.25) is 0 Å². The van der Waals surface area contributed by atoms with Gasteiger partial charge in [0.25, 0.3) is 11.8 Å². The zero-order valence-electron chi connectivity index (χ0n) is 17.4. The average molecular weight is 430 g/mol. The molecule has 9 nitrogen and oxygen atoms in total. The summed E-state index contributed by atoms with van der Waals surface area (Å²) in [5.41, 5.74) is 1.68. The van der Waals surface area contributed by atoms with Crippen LogP contribution in [-0.2, 0) is 4.79 Å². The SMILES string of the molecule is O=C(COc1ccccc1)N1CCCC[C@@H]1c1noc(-c2ccc(-n3cncn3)cc2)n1. The second kappa shape index (κ2) is 9.01. The van der Waals surface area contributed by atoms with Gasteiger partial charge >= 0.3 is 0 Å². The van der Waals surface area contributed by atoms with Crippen LogP contribution >= 0.6 is 0 Å². The van der Waals surface area contributed by atoms with Crippen molar-refractivity contribution in [3.8, 4) is 22.9 Å². The zero-order chi connectivity index (χ0) is 21.8. The maximum atomic E-state index is 12.9. The molecule has 32 heavy (non-hydrogen) atoms. The van der Waals surface area contributed by atoms with Crippen LogP contribution in [-0.4, -0.2) is 48.9 Å². The molecule has 1 atom stereocenters. The molecule has 0 aliphatic carbocycles. The van der Waals surface area contributed by atoms with E-state index >= 15 is 0 Å². The highest BCUT2D eigenvalue weighted by Gasteiger charge is 2.31. The molecule has 0 radical (unpaired) electrons. The molecule has 2 aromatic carbocycles. The third-order valence-electron chi connectivity index (χ3n) is 5.47. The van der Waals surface area contributed by atoms with E-state index in [4.69, 9.17) is 9.26 Å². The molecule has 3 heterocycles. The molecule has 1 amide bonds. The summed E-state index contributed by atoms with van der Waals surface area (Å²) >= 11 is 0. The van der Waals surface area contributed by atoms with Crippen molar-refractivity contribution < 1.29 is 14.1 Å². The summed E-state index contributed by atoms with van der Waals surface area (Å²) < 4.78 is 12.9. The second-order valence-corrected chi connectivity index (χ2v) is 7.55. The van der Waals surface area contributed by atoms with E-state index in [0.29, 0.717) is 24.0 Å². The Labute approximate surface area is 184 Å². The van der Waals surface area contributed by atoms with Crippen LogP contribution in [0, 0.1) is 0 Å². The maximum Gasteiger partial charge on any atom is 0.261 e. The number of amides is 1. The standard InChI is InChI=1S/C23H22N6O3/c30-21(14-31-19-6-2-1-3-7-19)28-13-5-4-8-20(28)22-26-23(32-27-22)17-9-11-18(12-10-17)29-16-24-15-25-29/h1-3,6-7,9-12,15-16,20H,4-5,8,13-14H2/t20-/m1/s1. The number of hydrogen-bond acceptors (Lipinski definition) is 7. The topological polar surface area (TPSA) is 99.2 Å². The van der Waals surface area contributed by atoms with Crippen LogP contribution in [0.3, 0.4) is 0 Å². The van der Waals surface area contributed by atoms with Crippen molar-refractivity contribution in [2.75, 3.05) is 13.2 Å². The van der Waals surface area contributed by atoms with Crippen LogP contribution in [0.15, 0.2) is 71.8 Å². The van der Waals surface area contributed by atoms with Gasteiger partial charge in [0, 0.05) is 12.1 Å². The Morgan fingerprint density at radius 3 is 2.72 bits per heavy atom. The highest BCUT2D eigenvalue weighted by Crippen LogP contribution is 2.31. The van der Waals surface area contributed by atoms with Gasteiger partial charge in [0.15, 0.2) is 12.4 Å². The fourth-order valence-electron chi connectivity index (χ4n) is 3.83. The number of piperidine rings is 1. The average Bonchev–Trinajstić information content (AvgIpc) is 3.56. The fourth-order valence-corrected chi connectivity index (χ4v) is 3.83. The van der Waals surface area contributed by atoms with Crippen LogP contribution in [0.2, 0.25) is 0 Å². The van der Waals surface area contributed by atoms with Crippen molar-refractivity contribution in [3.63, 3.8) is 0 Å². The van der Waals surface area contributed by atoms with Crippen molar-refractivity contribution in [2.24, 2.45) is 0 Å². The predicted octanol–water partition coefficient (Wildman–Crippen LogP) is 3.45. The Morgan fingerprint density at radius 1 is 1.09 bits per heavy atom. The highest BCUT2D eigenvalue weighted by molar-refractivity contribution is 5.78. The van der Waals surface area contributed by atoms with E-state index in [-0.39, 0.29) is 18.6 Å². The van der Waals surface area contributed by atoms with Gasteiger partial charge in [-0.2, -0.15) is 10.1 Å². The molecule has 1 fully saturated rings. The third kappa shape index (κ3) is 4.22. The van der Waals surface area contributed by atoms with Gasteiger partial charge in [0.1, 0.15) is 18.4 Å². The molecule has 0 saturated carbocycles. The largest absolute Gasteiger partial charge is 0.484 e. The number of para-hydroxylation sites is 1. The molecule has 0 spiro atoms. The third-order valence-corrected chi connectivity index (χ3v) is 5.47. The fraction of sp³-hybridized carbons (Fsp3) is 0.261. The number of nitrogens with zero attached hydrogens (tertiary/aromatic N) is 6. The lowest BCUT2D eigenvalue weighted by Crippen LogP contribution is -2.41. The van der Waals surface area contributed by atoms with Crippen molar-refractivity contribution in [1.82, 2.24) is 29.8 Å². The number of aromatic nitrogens is 5. The molecule has 5 rings (SSSR count). The van der Waals surface area contributed by atoms with Crippen molar-refractivity contribution >= 4 is 5.91 Å². The molecule has 1 saturated heterocycles. The first-order chi connectivity index (χ1) is 15.8. The summed E-state index contributed by atoms with van der Waals surface area (Å²) in [7, 11) is 0. The number of likely N-dealkylation sites (tertiary alicyclic amines) is 1. The van der Waals surface area contributed by atoms with Crippen LogP contribution in [0.5, 0.6) is 5.75 Å². The van der Waals surface area contributed by atoms with Crippen molar-refractivity contribution in [1.29, 1.82) is 0 Å². The number of hydrogen-bond donors (Lipinski definition) is 0. The van der Waals surface area contributed by atoms with Gasteiger partial charge in [-0.05, 0) is 55.7 Å². The summed E-state index contributed by atoms with van der Waals surface area (Å²) in [6, 6.07) is 16.7. The summed E-state index contributed by atoms with van der Waals surface area (Å²) in [5, 5.41) is 8.31. The minimum atomic E-state index is -0.220. The number of ether oxygens (including phenoxy) is 1. The van der Waals surface area contributed by atoms with E-state index in [2.05, 4.69) is 20.2 Å². The van der Waals surface area contributed by atoms with Gasteiger partial charge in [-0.1, -0.05) is 23.4 Å². The van der Waals surface area contributed by atoms with Gasteiger partial charge in [-0.15, -0.1) is 0 Å². The molecule has 4 aromatic rings. The minimum absolute atomic E-state index is 0.0189. The second-order valence-electron chi connectivity index (χ2n) is 7.55. The van der Waals surface area contributed by atoms with Gasteiger partial charge < -0.3 is 14.2 Å². The van der Waals surface area contributed by atoms with Crippen molar-refractivity contribution in [2.45, 2.75) is 25.3 Å². The van der Waals surface area contributed by atoms with E-state index in [1.807, 2.05) is 54.6 Å². The zero-order valence-corrected chi connectivity index (χ0v) is 17.4. The Kier molecular flexibility index (Phi) is 5.61. The van der Waals surface area contributed by atoms with Crippen LogP contribution in [0.25, 0.3) is 17.1 Å². The number of carbonyl (C=O) groups excluding carboxylic acids is 1. The first kappa shape index (κ1) is 19.9. The maximum absolute atomic E-state index is 12.9. The molecule has 2 aromatic heterocycles. The lowest BCUT2D eigenvalue weighted by atomic mass is 10.0. The van der Waals surface area contributed by atoms with E-state index in [9.17, 15) is 4.79 Å². The molecule has 1 aliphatic rings. The van der Waals surface area contributed by atoms with Crippen LogP contribution < -0.4 is 4.74 Å².